The number of aromatic amines is 1. The molecule has 172 valence electrons. The van der Waals surface area contributed by atoms with Crippen molar-refractivity contribution >= 4 is 29.3 Å². The lowest BCUT2D eigenvalue weighted by Gasteiger charge is -2.18. The second-order valence-electron chi connectivity index (χ2n) is 8.29. The van der Waals surface area contributed by atoms with Crippen molar-refractivity contribution in [3.8, 4) is 11.3 Å². The summed E-state index contributed by atoms with van der Waals surface area (Å²) in [7, 11) is -2.73. The summed E-state index contributed by atoms with van der Waals surface area (Å²) < 4.78 is 80.9. The van der Waals surface area contributed by atoms with Gasteiger partial charge < -0.3 is 20.0 Å². The van der Waals surface area contributed by atoms with Crippen molar-refractivity contribution in [2.24, 2.45) is 0 Å². The quantitative estimate of drug-likeness (QED) is 0.384. The fraction of sp³-hybridized carbons (Fsp3) is 0.400. The van der Waals surface area contributed by atoms with Crippen molar-refractivity contribution < 1.29 is 31.6 Å². The van der Waals surface area contributed by atoms with E-state index in [1.165, 1.54) is 6.20 Å². The minimum Gasteiger partial charge on any atom is -0.391 e. The van der Waals surface area contributed by atoms with Crippen LogP contribution < -0.4 is 10.6 Å². The van der Waals surface area contributed by atoms with Crippen LogP contribution in [0.1, 0.15) is 18.4 Å². The van der Waals surface area contributed by atoms with Crippen LogP contribution in [0.4, 0.5) is 27.9 Å². The minimum atomic E-state index is -4.78. The molecule has 0 saturated heterocycles. The molecule has 4 rings (SSSR count). The number of nitrogens with zero attached hydrogens (tertiary/aromatic N) is 2. The van der Waals surface area contributed by atoms with Gasteiger partial charge in [0.2, 0.25) is 5.95 Å². The summed E-state index contributed by atoms with van der Waals surface area (Å²) in [6.45, 7) is 3.11. The fourth-order valence-corrected chi connectivity index (χ4v) is 5.12. The molecule has 0 bridgehead atoms. The Balaban J connectivity index is 1.83. The monoisotopic (exact) mass is 474 g/mol. The standard InChI is InChI=1S/C20H20F5N4O2P/c1-32(2,31)15-5-3-4-10-11(8-26-17(10)15)16-12(20(23,24)25)9-27-18(29-16)28-13-6-19(21,22)7-14(13)30/h3-5,8-9,13-14,26,30H,6-7H2,1-2H3,(H,27,28,29)/t13-,14-/m0/s1. The van der Waals surface area contributed by atoms with Gasteiger partial charge in [-0.2, -0.15) is 13.2 Å². The molecule has 0 spiro atoms. The summed E-state index contributed by atoms with van der Waals surface area (Å²) in [5, 5.41) is 13.3. The fourth-order valence-electron chi connectivity index (χ4n) is 3.95. The van der Waals surface area contributed by atoms with Crippen molar-refractivity contribution in [2.75, 3.05) is 18.6 Å². The molecule has 2 aromatic heterocycles. The van der Waals surface area contributed by atoms with Crippen LogP contribution in [-0.4, -0.2) is 51.5 Å². The average Bonchev–Trinajstić information content (AvgIpc) is 3.19. The maximum absolute atomic E-state index is 13.7. The third kappa shape index (κ3) is 4.23. The average molecular weight is 474 g/mol. The Labute approximate surface area is 179 Å². The van der Waals surface area contributed by atoms with Gasteiger partial charge in [-0.25, -0.2) is 18.7 Å². The minimum absolute atomic E-state index is 0.102. The highest BCUT2D eigenvalue weighted by Gasteiger charge is 2.46. The van der Waals surface area contributed by atoms with E-state index < -0.39 is 55.5 Å². The van der Waals surface area contributed by atoms with Crippen LogP contribution in [0.3, 0.4) is 0 Å². The molecular formula is C20H20F5N4O2P. The van der Waals surface area contributed by atoms with E-state index in [2.05, 4.69) is 20.3 Å². The zero-order valence-corrected chi connectivity index (χ0v) is 17.9. The molecule has 0 amide bonds. The van der Waals surface area contributed by atoms with Crippen molar-refractivity contribution in [1.29, 1.82) is 0 Å². The zero-order chi connectivity index (χ0) is 23.5. The topological polar surface area (TPSA) is 90.9 Å². The first-order valence-corrected chi connectivity index (χ1v) is 12.3. The molecule has 12 heteroatoms. The molecule has 6 nitrogen and oxygen atoms in total. The van der Waals surface area contributed by atoms with Crippen LogP contribution in [0, 0.1) is 0 Å². The smallest absolute Gasteiger partial charge is 0.391 e. The highest BCUT2D eigenvalue weighted by Crippen LogP contribution is 2.42. The van der Waals surface area contributed by atoms with Crippen LogP contribution in [0.25, 0.3) is 22.2 Å². The Morgan fingerprint density at radius 3 is 2.56 bits per heavy atom. The number of hydrogen-bond donors (Lipinski definition) is 3. The number of halogens is 5. The first kappa shape index (κ1) is 22.7. The highest BCUT2D eigenvalue weighted by molar-refractivity contribution is 7.70. The summed E-state index contributed by atoms with van der Waals surface area (Å²) in [6.07, 6.45) is -5.69. The number of aromatic nitrogens is 3. The number of benzene rings is 1. The van der Waals surface area contributed by atoms with Crippen molar-refractivity contribution in [1.82, 2.24) is 15.0 Å². The molecule has 32 heavy (non-hydrogen) atoms. The van der Waals surface area contributed by atoms with E-state index in [-0.39, 0.29) is 11.5 Å². The number of alkyl halides is 5. The number of hydrogen-bond acceptors (Lipinski definition) is 5. The normalized spacial score (nSPS) is 21.2. The molecule has 2 atom stereocenters. The van der Waals surface area contributed by atoms with Gasteiger partial charge in [-0.15, -0.1) is 0 Å². The number of fused-ring (bicyclic) bond motifs is 1. The van der Waals surface area contributed by atoms with Gasteiger partial charge in [0.05, 0.1) is 23.4 Å². The number of aliphatic hydroxyl groups excluding tert-OH is 1. The number of nitrogens with one attached hydrogen (secondary N) is 2. The van der Waals surface area contributed by atoms with Crippen LogP contribution in [-0.2, 0) is 10.7 Å². The Hall–Kier alpha value is -2.52. The van der Waals surface area contributed by atoms with Gasteiger partial charge >= 0.3 is 6.18 Å². The number of H-pyrrole nitrogens is 1. The lowest BCUT2D eigenvalue weighted by molar-refractivity contribution is -0.137. The molecule has 1 aromatic carbocycles. The van der Waals surface area contributed by atoms with Gasteiger partial charge in [-0.1, -0.05) is 12.1 Å². The largest absolute Gasteiger partial charge is 0.419 e. The van der Waals surface area contributed by atoms with Gasteiger partial charge in [0, 0.05) is 41.5 Å². The van der Waals surface area contributed by atoms with Crippen molar-refractivity contribution in [3.05, 3.63) is 36.2 Å². The second-order valence-corrected chi connectivity index (χ2v) is 11.5. The van der Waals surface area contributed by atoms with Crippen molar-refractivity contribution in [2.45, 2.75) is 37.1 Å². The number of para-hydroxylation sites is 1. The van der Waals surface area contributed by atoms with Crippen LogP contribution >= 0.6 is 7.14 Å². The maximum Gasteiger partial charge on any atom is 0.419 e. The summed E-state index contributed by atoms with van der Waals surface area (Å²) in [5.74, 6) is -3.40. The number of anilines is 1. The first-order valence-electron chi connectivity index (χ1n) is 9.69. The van der Waals surface area contributed by atoms with E-state index in [1.807, 2.05) is 0 Å². The van der Waals surface area contributed by atoms with Gasteiger partial charge in [-0.3, -0.25) is 0 Å². The Morgan fingerprint density at radius 2 is 1.97 bits per heavy atom. The predicted octanol–water partition coefficient (Wildman–Crippen LogP) is 4.46. The summed E-state index contributed by atoms with van der Waals surface area (Å²) >= 11 is 0. The van der Waals surface area contributed by atoms with Gasteiger partial charge in [0.25, 0.3) is 5.92 Å². The van der Waals surface area contributed by atoms with E-state index in [0.29, 0.717) is 22.4 Å². The predicted molar refractivity (Wildman–Crippen MR) is 111 cm³/mol. The van der Waals surface area contributed by atoms with Gasteiger partial charge in [0.15, 0.2) is 0 Å². The molecule has 1 fully saturated rings. The summed E-state index contributed by atoms with van der Waals surface area (Å²) in [6, 6.07) is 3.72. The maximum atomic E-state index is 13.7. The van der Waals surface area contributed by atoms with Crippen LogP contribution in [0.5, 0.6) is 0 Å². The zero-order valence-electron chi connectivity index (χ0n) is 17.0. The summed E-state index contributed by atoms with van der Waals surface area (Å²) in [5.41, 5.74) is -1.03. The summed E-state index contributed by atoms with van der Waals surface area (Å²) in [4.78, 5) is 10.5. The molecular weight excluding hydrogens is 454 g/mol. The molecule has 3 N–H and O–H groups in total. The van der Waals surface area contributed by atoms with Crippen LogP contribution in [0.15, 0.2) is 30.6 Å². The Kier molecular flexibility index (Phi) is 5.33. The molecule has 0 unspecified atom stereocenters. The number of rotatable bonds is 4. The van der Waals surface area contributed by atoms with Gasteiger partial charge in [-0.05, 0) is 19.4 Å². The molecule has 1 saturated carbocycles. The third-order valence-corrected chi connectivity index (χ3v) is 6.96. The van der Waals surface area contributed by atoms with Crippen LogP contribution in [0.2, 0.25) is 0 Å². The van der Waals surface area contributed by atoms with E-state index in [1.54, 1.807) is 31.5 Å². The van der Waals surface area contributed by atoms with E-state index in [0.717, 1.165) is 0 Å². The highest BCUT2D eigenvalue weighted by atomic mass is 31.2. The Bertz CT molecular complexity index is 1220. The lowest BCUT2D eigenvalue weighted by Crippen LogP contribution is -2.29. The lowest BCUT2D eigenvalue weighted by atomic mass is 10.1. The molecule has 3 aromatic rings. The van der Waals surface area contributed by atoms with Crippen molar-refractivity contribution in [3.63, 3.8) is 0 Å². The van der Waals surface area contributed by atoms with Gasteiger partial charge in [0.1, 0.15) is 12.7 Å². The van der Waals surface area contributed by atoms with E-state index in [4.69, 9.17) is 0 Å². The first-order chi connectivity index (χ1) is 14.8. The number of aliphatic hydroxyl groups is 1. The SMILES string of the molecule is CP(C)(=O)c1cccc2c(-c3nc(N[C@H]4CC(F)(F)C[C@@H]4O)ncc3C(F)(F)F)c[nH]c12. The Morgan fingerprint density at radius 1 is 1.25 bits per heavy atom. The van der Waals surface area contributed by atoms with E-state index >= 15 is 0 Å². The molecule has 1 aliphatic carbocycles. The molecule has 1 aliphatic rings. The third-order valence-electron chi connectivity index (χ3n) is 5.43. The molecule has 0 aliphatic heterocycles. The molecule has 2 heterocycles. The second kappa shape index (κ2) is 7.52. The van der Waals surface area contributed by atoms with E-state index in [9.17, 15) is 31.6 Å². The molecule has 0 radical (unpaired) electrons.